The van der Waals surface area contributed by atoms with Crippen molar-refractivity contribution in [3.05, 3.63) is 30.1 Å². The van der Waals surface area contributed by atoms with Gasteiger partial charge in [-0.1, -0.05) is 25.8 Å². The molecule has 0 bridgehead atoms. The van der Waals surface area contributed by atoms with Gasteiger partial charge in [-0.2, -0.15) is 0 Å². The minimum absolute atomic E-state index is 0.456. The van der Waals surface area contributed by atoms with Gasteiger partial charge < -0.3 is 0 Å². The molecule has 3 nitrogen and oxygen atoms in total. The first-order valence-electron chi connectivity index (χ1n) is 7.14. The number of nitrogens with zero attached hydrogens (tertiary/aromatic N) is 1. The van der Waals surface area contributed by atoms with Gasteiger partial charge in [0.05, 0.1) is 0 Å². The average Bonchev–Trinajstić information content (AvgIpc) is 2.42. The summed E-state index contributed by atoms with van der Waals surface area (Å²) in [4.78, 5) is 4.16. The molecule has 1 aromatic rings. The molecule has 1 aliphatic rings. The fourth-order valence-corrected chi connectivity index (χ4v) is 3.01. The molecule has 1 fully saturated rings. The maximum absolute atomic E-state index is 5.74. The lowest BCUT2D eigenvalue weighted by molar-refractivity contribution is 0.223. The summed E-state index contributed by atoms with van der Waals surface area (Å²) in [5, 5.41) is 0. The quantitative estimate of drug-likeness (QED) is 0.621. The van der Waals surface area contributed by atoms with E-state index in [1.165, 1.54) is 31.2 Å². The van der Waals surface area contributed by atoms with Crippen molar-refractivity contribution in [3.8, 4) is 0 Å². The largest absolute Gasteiger partial charge is 0.271 e. The molecule has 100 valence electrons. The number of hydrazine groups is 1. The number of aromatic nitrogens is 1. The van der Waals surface area contributed by atoms with Crippen molar-refractivity contribution in [2.45, 2.75) is 51.5 Å². The molecule has 1 heterocycles. The smallest absolute Gasteiger partial charge is 0.0299 e. The number of nitrogens with one attached hydrogen (secondary N) is 1. The van der Waals surface area contributed by atoms with Gasteiger partial charge in [0, 0.05) is 18.4 Å². The van der Waals surface area contributed by atoms with Gasteiger partial charge in [-0.05, 0) is 49.1 Å². The van der Waals surface area contributed by atoms with Gasteiger partial charge in [0.2, 0.25) is 0 Å². The van der Waals surface area contributed by atoms with Crippen LogP contribution in [0.3, 0.4) is 0 Å². The molecule has 2 rings (SSSR count). The third-order valence-electron chi connectivity index (χ3n) is 4.31. The van der Waals surface area contributed by atoms with Crippen molar-refractivity contribution in [1.82, 2.24) is 10.4 Å². The van der Waals surface area contributed by atoms with Crippen LogP contribution >= 0.6 is 0 Å². The van der Waals surface area contributed by atoms with Gasteiger partial charge in [0.1, 0.15) is 0 Å². The second kappa shape index (κ2) is 6.86. The van der Waals surface area contributed by atoms with Crippen molar-refractivity contribution in [1.29, 1.82) is 0 Å². The molecule has 1 aromatic heterocycles. The van der Waals surface area contributed by atoms with Crippen molar-refractivity contribution < 1.29 is 0 Å². The number of hydrogen-bond acceptors (Lipinski definition) is 3. The number of pyridine rings is 1. The van der Waals surface area contributed by atoms with Crippen molar-refractivity contribution in [3.63, 3.8) is 0 Å². The Morgan fingerprint density at radius 1 is 1.39 bits per heavy atom. The lowest BCUT2D eigenvalue weighted by Crippen LogP contribution is -2.42. The van der Waals surface area contributed by atoms with Crippen LogP contribution in [0.5, 0.6) is 0 Å². The molecule has 1 atom stereocenters. The summed E-state index contributed by atoms with van der Waals surface area (Å²) >= 11 is 0. The van der Waals surface area contributed by atoms with Crippen LogP contribution in [0, 0.1) is 11.8 Å². The molecule has 3 heteroatoms. The lowest BCUT2D eigenvalue weighted by atomic mass is 9.78. The van der Waals surface area contributed by atoms with Crippen LogP contribution in [-0.2, 0) is 6.42 Å². The van der Waals surface area contributed by atoms with E-state index in [-0.39, 0.29) is 0 Å². The van der Waals surface area contributed by atoms with Crippen LogP contribution < -0.4 is 11.3 Å². The highest BCUT2D eigenvalue weighted by molar-refractivity contribution is 5.08. The first-order chi connectivity index (χ1) is 8.79. The Hall–Kier alpha value is -0.930. The van der Waals surface area contributed by atoms with E-state index in [1.54, 1.807) is 0 Å². The standard InChI is InChI=1S/C15H25N3/c1-12-4-7-14(8-5-12)15(18-16)9-6-13-3-2-10-17-11-13/h2-3,10-12,14-15,18H,4-9,16H2,1H3. The van der Waals surface area contributed by atoms with E-state index in [0.29, 0.717) is 6.04 Å². The third-order valence-corrected chi connectivity index (χ3v) is 4.31. The fourth-order valence-electron chi connectivity index (χ4n) is 3.01. The predicted molar refractivity (Wildman–Crippen MR) is 74.8 cm³/mol. The Bertz CT molecular complexity index is 331. The summed E-state index contributed by atoms with van der Waals surface area (Å²) in [5.41, 5.74) is 4.34. The zero-order chi connectivity index (χ0) is 12.8. The number of nitrogens with two attached hydrogens (primary N) is 1. The number of hydrogen-bond donors (Lipinski definition) is 2. The Balaban J connectivity index is 1.82. The molecule has 1 aliphatic carbocycles. The predicted octanol–water partition coefficient (Wildman–Crippen LogP) is 2.67. The molecule has 18 heavy (non-hydrogen) atoms. The van der Waals surface area contributed by atoms with Gasteiger partial charge in [-0.15, -0.1) is 0 Å². The molecule has 3 N–H and O–H groups in total. The highest BCUT2D eigenvalue weighted by atomic mass is 15.2. The topological polar surface area (TPSA) is 50.9 Å². The van der Waals surface area contributed by atoms with E-state index in [1.807, 2.05) is 18.5 Å². The van der Waals surface area contributed by atoms with E-state index >= 15 is 0 Å². The van der Waals surface area contributed by atoms with Crippen molar-refractivity contribution in [2.75, 3.05) is 0 Å². The molecular weight excluding hydrogens is 222 g/mol. The van der Waals surface area contributed by atoms with E-state index in [9.17, 15) is 0 Å². The SMILES string of the molecule is CC1CCC(C(CCc2cccnc2)NN)CC1. The fraction of sp³-hybridized carbons (Fsp3) is 0.667. The third kappa shape index (κ3) is 3.79. The molecule has 0 aliphatic heterocycles. The number of aryl methyl sites for hydroxylation is 1. The average molecular weight is 247 g/mol. The zero-order valence-corrected chi connectivity index (χ0v) is 11.3. The summed E-state index contributed by atoms with van der Waals surface area (Å²) in [6.07, 6.45) is 11.3. The summed E-state index contributed by atoms with van der Waals surface area (Å²) < 4.78 is 0. The lowest BCUT2D eigenvalue weighted by Gasteiger charge is -2.32. The normalized spacial score (nSPS) is 25.9. The Morgan fingerprint density at radius 2 is 2.17 bits per heavy atom. The van der Waals surface area contributed by atoms with Crippen molar-refractivity contribution >= 4 is 0 Å². The van der Waals surface area contributed by atoms with Crippen LogP contribution in [0.1, 0.15) is 44.6 Å². The second-order valence-corrected chi connectivity index (χ2v) is 5.69. The van der Waals surface area contributed by atoms with Crippen LogP contribution in [0.15, 0.2) is 24.5 Å². The highest BCUT2D eigenvalue weighted by Gasteiger charge is 2.25. The first kappa shape index (κ1) is 13.5. The number of rotatable bonds is 5. The molecule has 0 spiro atoms. The maximum atomic E-state index is 5.74. The minimum atomic E-state index is 0.456. The van der Waals surface area contributed by atoms with E-state index in [2.05, 4.69) is 23.4 Å². The van der Waals surface area contributed by atoms with E-state index < -0.39 is 0 Å². The summed E-state index contributed by atoms with van der Waals surface area (Å²) in [7, 11) is 0. The van der Waals surface area contributed by atoms with Gasteiger partial charge >= 0.3 is 0 Å². The molecule has 0 amide bonds. The van der Waals surface area contributed by atoms with Crippen LogP contribution in [0.4, 0.5) is 0 Å². The second-order valence-electron chi connectivity index (χ2n) is 5.69. The molecule has 0 aromatic carbocycles. The molecular formula is C15H25N3. The monoisotopic (exact) mass is 247 g/mol. The van der Waals surface area contributed by atoms with Crippen LogP contribution in [0.2, 0.25) is 0 Å². The zero-order valence-electron chi connectivity index (χ0n) is 11.3. The minimum Gasteiger partial charge on any atom is -0.271 e. The molecule has 0 saturated heterocycles. The highest BCUT2D eigenvalue weighted by Crippen LogP contribution is 2.31. The summed E-state index contributed by atoms with van der Waals surface area (Å²) in [6.45, 7) is 2.36. The molecule has 1 unspecified atom stereocenters. The Morgan fingerprint density at radius 3 is 2.78 bits per heavy atom. The van der Waals surface area contributed by atoms with E-state index in [4.69, 9.17) is 5.84 Å². The van der Waals surface area contributed by atoms with Gasteiger partial charge in [0.15, 0.2) is 0 Å². The molecule has 1 saturated carbocycles. The summed E-state index contributed by atoms with van der Waals surface area (Å²) in [6, 6.07) is 4.60. The Kier molecular flexibility index (Phi) is 5.14. The maximum Gasteiger partial charge on any atom is 0.0299 e. The van der Waals surface area contributed by atoms with Crippen LogP contribution in [-0.4, -0.2) is 11.0 Å². The van der Waals surface area contributed by atoms with Gasteiger partial charge in [-0.25, -0.2) is 0 Å². The first-order valence-corrected chi connectivity index (χ1v) is 7.14. The van der Waals surface area contributed by atoms with Crippen molar-refractivity contribution in [2.24, 2.45) is 17.7 Å². The molecule has 0 radical (unpaired) electrons. The van der Waals surface area contributed by atoms with Gasteiger partial charge in [-0.3, -0.25) is 16.3 Å². The van der Waals surface area contributed by atoms with E-state index in [0.717, 1.165) is 24.7 Å². The van der Waals surface area contributed by atoms with Crippen LogP contribution in [0.25, 0.3) is 0 Å². The summed E-state index contributed by atoms with van der Waals surface area (Å²) in [5.74, 6) is 7.39. The Labute approximate surface area is 110 Å². The van der Waals surface area contributed by atoms with Gasteiger partial charge in [0.25, 0.3) is 0 Å².